The SMILES string of the molecule is CN1CCCCC1CC(C(=O)C(CC1CCCCN1C)c1cccc(Br)c1)c1cccc(Br)c1. The first-order valence-corrected chi connectivity index (χ1v) is 14.5. The summed E-state index contributed by atoms with van der Waals surface area (Å²) in [5.74, 6) is 0.191. The van der Waals surface area contributed by atoms with Gasteiger partial charge >= 0.3 is 0 Å². The Morgan fingerprint density at radius 3 is 1.62 bits per heavy atom. The maximum atomic E-state index is 14.6. The van der Waals surface area contributed by atoms with Crippen LogP contribution in [0.4, 0.5) is 0 Å². The molecule has 0 amide bonds. The molecule has 2 fully saturated rings. The van der Waals surface area contributed by atoms with Crippen molar-refractivity contribution in [3.8, 4) is 0 Å². The summed E-state index contributed by atoms with van der Waals surface area (Å²) in [5, 5.41) is 0. The highest BCUT2D eigenvalue weighted by molar-refractivity contribution is 9.10. The van der Waals surface area contributed by atoms with Crippen LogP contribution in [-0.2, 0) is 4.79 Å². The third kappa shape index (κ3) is 6.60. The molecule has 0 aromatic heterocycles. The van der Waals surface area contributed by atoms with Gasteiger partial charge in [0.2, 0.25) is 0 Å². The van der Waals surface area contributed by atoms with Gasteiger partial charge in [0.05, 0.1) is 0 Å². The van der Waals surface area contributed by atoms with E-state index in [0.29, 0.717) is 17.9 Å². The molecule has 2 aromatic rings. The number of likely N-dealkylation sites (tertiary alicyclic amines) is 2. The molecule has 2 aliphatic heterocycles. The molecule has 0 N–H and O–H groups in total. The number of hydrogen-bond donors (Lipinski definition) is 0. The van der Waals surface area contributed by atoms with Crippen LogP contribution in [0.25, 0.3) is 0 Å². The van der Waals surface area contributed by atoms with E-state index < -0.39 is 0 Å². The summed E-state index contributed by atoms with van der Waals surface area (Å²) in [7, 11) is 4.46. The summed E-state index contributed by atoms with van der Waals surface area (Å²) in [6.45, 7) is 2.26. The number of Topliss-reactive ketones (excluding diaryl/α,β-unsaturated/α-hetero) is 1. The van der Waals surface area contributed by atoms with Gasteiger partial charge in [-0.15, -0.1) is 0 Å². The standard InChI is InChI=1S/C29H38Br2N2O/c1-32-15-5-3-13-25(32)19-27(21-9-7-11-23(30)17-21)29(34)28(22-10-8-12-24(31)18-22)20-26-14-4-6-16-33(26)2/h7-12,17-18,25-28H,3-6,13-16,19-20H2,1-2H3. The van der Waals surface area contributed by atoms with Crippen molar-refractivity contribution in [3.63, 3.8) is 0 Å². The second kappa shape index (κ2) is 12.3. The fourth-order valence-corrected chi connectivity index (χ4v) is 6.78. The molecule has 0 saturated carbocycles. The average Bonchev–Trinajstić information content (AvgIpc) is 2.82. The van der Waals surface area contributed by atoms with E-state index in [0.717, 1.165) is 46.0 Å². The zero-order valence-electron chi connectivity index (χ0n) is 20.6. The normalized spacial score (nSPS) is 24.0. The van der Waals surface area contributed by atoms with E-state index in [1.807, 2.05) is 0 Å². The minimum absolute atomic E-state index is 0.0964. The second-order valence-electron chi connectivity index (χ2n) is 10.3. The van der Waals surface area contributed by atoms with Crippen LogP contribution >= 0.6 is 31.9 Å². The van der Waals surface area contributed by atoms with E-state index >= 15 is 0 Å². The molecular weight excluding hydrogens is 552 g/mol. The van der Waals surface area contributed by atoms with Crippen molar-refractivity contribution in [1.82, 2.24) is 9.80 Å². The second-order valence-corrected chi connectivity index (χ2v) is 12.2. The number of nitrogens with zero attached hydrogens (tertiary/aromatic N) is 2. The van der Waals surface area contributed by atoms with Crippen LogP contribution in [0.15, 0.2) is 57.5 Å². The fourth-order valence-electron chi connectivity index (χ4n) is 5.95. The quantitative estimate of drug-likeness (QED) is 0.320. The Hall–Kier alpha value is -1.01. The molecule has 2 aromatic carbocycles. The summed E-state index contributed by atoms with van der Waals surface area (Å²) in [4.78, 5) is 19.5. The van der Waals surface area contributed by atoms with Crippen LogP contribution in [0.2, 0.25) is 0 Å². The summed E-state index contributed by atoms with van der Waals surface area (Å²) >= 11 is 7.32. The van der Waals surface area contributed by atoms with Gasteiger partial charge in [0.25, 0.3) is 0 Å². The van der Waals surface area contributed by atoms with Gasteiger partial charge in [-0.25, -0.2) is 0 Å². The van der Waals surface area contributed by atoms with Crippen LogP contribution < -0.4 is 0 Å². The van der Waals surface area contributed by atoms with Crippen molar-refractivity contribution in [3.05, 3.63) is 68.6 Å². The monoisotopic (exact) mass is 588 g/mol. The minimum Gasteiger partial charge on any atom is -0.303 e. The number of benzene rings is 2. The van der Waals surface area contributed by atoms with Gasteiger partial charge in [-0.2, -0.15) is 0 Å². The van der Waals surface area contributed by atoms with Crippen LogP contribution in [0.3, 0.4) is 0 Å². The lowest BCUT2D eigenvalue weighted by Crippen LogP contribution is -2.40. The zero-order chi connectivity index (χ0) is 24.1. The molecule has 184 valence electrons. The van der Waals surface area contributed by atoms with E-state index in [1.165, 1.54) is 38.5 Å². The van der Waals surface area contributed by atoms with E-state index in [2.05, 4.69) is 104 Å². The molecule has 0 radical (unpaired) electrons. The molecule has 2 aliphatic rings. The number of hydrogen-bond acceptors (Lipinski definition) is 3. The molecule has 3 nitrogen and oxygen atoms in total. The first-order chi connectivity index (χ1) is 16.4. The third-order valence-electron chi connectivity index (χ3n) is 8.05. The van der Waals surface area contributed by atoms with Crippen LogP contribution in [0, 0.1) is 0 Å². The Kier molecular flexibility index (Phi) is 9.42. The first kappa shape index (κ1) is 26.1. The highest BCUT2D eigenvalue weighted by atomic mass is 79.9. The Morgan fingerprint density at radius 1 is 0.794 bits per heavy atom. The zero-order valence-corrected chi connectivity index (χ0v) is 23.7. The van der Waals surface area contributed by atoms with Crippen LogP contribution in [-0.4, -0.2) is 54.9 Å². The molecule has 5 heteroatoms. The van der Waals surface area contributed by atoms with Crippen molar-refractivity contribution in [2.75, 3.05) is 27.2 Å². The predicted octanol–water partition coefficient (Wildman–Crippen LogP) is 7.40. The van der Waals surface area contributed by atoms with Crippen molar-refractivity contribution >= 4 is 37.6 Å². The lowest BCUT2D eigenvalue weighted by molar-refractivity contribution is -0.123. The van der Waals surface area contributed by atoms with Gasteiger partial charge in [0.1, 0.15) is 5.78 Å². The number of piperidine rings is 2. The lowest BCUT2D eigenvalue weighted by Gasteiger charge is -2.37. The van der Waals surface area contributed by atoms with Gasteiger partial charge in [-0.05, 0) is 101 Å². The number of rotatable bonds is 8. The lowest BCUT2D eigenvalue weighted by atomic mass is 9.76. The number of carbonyl (C=O) groups is 1. The Morgan fingerprint density at radius 2 is 1.24 bits per heavy atom. The topological polar surface area (TPSA) is 23.6 Å². The first-order valence-electron chi connectivity index (χ1n) is 12.9. The molecule has 4 rings (SSSR count). The average molecular weight is 590 g/mol. The number of halogens is 2. The maximum absolute atomic E-state index is 14.6. The van der Waals surface area contributed by atoms with Crippen LogP contribution in [0.5, 0.6) is 0 Å². The molecule has 0 aliphatic carbocycles. The molecule has 4 atom stereocenters. The molecular formula is C29H38Br2N2O. The summed E-state index contributed by atoms with van der Waals surface area (Å²) in [5.41, 5.74) is 2.30. The van der Waals surface area contributed by atoms with E-state index in [4.69, 9.17) is 0 Å². The Balaban J connectivity index is 1.69. The maximum Gasteiger partial charge on any atom is 0.147 e. The summed E-state index contributed by atoms with van der Waals surface area (Å²) in [6.07, 6.45) is 9.21. The Bertz CT molecular complexity index is 889. The van der Waals surface area contributed by atoms with E-state index in [1.54, 1.807) is 0 Å². The molecule has 0 bridgehead atoms. The van der Waals surface area contributed by atoms with E-state index in [9.17, 15) is 4.79 Å². The smallest absolute Gasteiger partial charge is 0.147 e. The number of carbonyl (C=O) groups excluding carboxylic acids is 1. The molecule has 34 heavy (non-hydrogen) atoms. The molecule has 0 spiro atoms. The fraction of sp³-hybridized carbons (Fsp3) is 0.552. The largest absolute Gasteiger partial charge is 0.303 e. The van der Waals surface area contributed by atoms with Gasteiger partial charge in [0, 0.05) is 32.9 Å². The van der Waals surface area contributed by atoms with Crippen molar-refractivity contribution < 1.29 is 4.79 Å². The number of ketones is 1. The summed E-state index contributed by atoms with van der Waals surface area (Å²) < 4.78 is 2.09. The predicted molar refractivity (Wildman–Crippen MR) is 149 cm³/mol. The van der Waals surface area contributed by atoms with Crippen molar-refractivity contribution in [1.29, 1.82) is 0 Å². The minimum atomic E-state index is -0.0964. The van der Waals surface area contributed by atoms with E-state index in [-0.39, 0.29) is 11.8 Å². The third-order valence-corrected chi connectivity index (χ3v) is 9.03. The highest BCUT2D eigenvalue weighted by Gasteiger charge is 2.35. The molecule has 2 saturated heterocycles. The highest BCUT2D eigenvalue weighted by Crippen LogP contribution is 2.38. The molecule has 4 unspecified atom stereocenters. The van der Waals surface area contributed by atoms with Crippen molar-refractivity contribution in [2.24, 2.45) is 0 Å². The van der Waals surface area contributed by atoms with Crippen molar-refractivity contribution in [2.45, 2.75) is 75.3 Å². The summed E-state index contributed by atoms with van der Waals surface area (Å²) in [6, 6.07) is 17.8. The Labute approximate surface area is 222 Å². The van der Waals surface area contributed by atoms with Gasteiger partial charge in [-0.3, -0.25) is 4.79 Å². The van der Waals surface area contributed by atoms with Gasteiger partial charge < -0.3 is 9.80 Å². The van der Waals surface area contributed by atoms with Gasteiger partial charge in [-0.1, -0.05) is 69.0 Å². The van der Waals surface area contributed by atoms with Crippen LogP contribution in [0.1, 0.15) is 74.3 Å². The molecule has 2 heterocycles. The van der Waals surface area contributed by atoms with Gasteiger partial charge in [0.15, 0.2) is 0 Å².